The lowest BCUT2D eigenvalue weighted by molar-refractivity contribution is 0.0988. The van der Waals surface area contributed by atoms with Gasteiger partial charge in [-0.05, 0) is 55.5 Å². The summed E-state index contributed by atoms with van der Waals surface area (Å²) in [5.41, 5.74) is 3.22. The van der Waals surface area contributed by atoms with Crippen molar-refractivity contribution in [1.82, 2.24) is 14.4 Å². The molecule has 162 valence electrons. The minimum atomic E-state index is -0.607. The summed E-state index contributed by atoms with van der Waals surface area (Å²) in [5.74, 6) is -0.220. The summed E-state index contributed by atoms with van der Waals surface area (Å²) < 4.78 is 19.6. The number of hydrogen-bond donors (Lipinski definition) is 1. The van der Waals surface area contributed by atoms with Crippen LogP contribution in [0, 0.1) is 5.82 Å². The molecule has 0 saturated carbocycles. The second-order valence-electron chi connectivity index (χ2n) is 6.86. The number of fused-ring (bicyclic) bond motifs is 1. The van der Waals surface area contributed by atoms with Crippen LogP contribution in [0.5, 0.6) is 0 Å². The van der Waals surface area contributed by atoms with E-state index in [0.29, 0.717) is 29.3 Å². The molecule has 0 saturated heterocycles. The van der Waals surface area contributed by atoms with Crippen molar-refractivity contribution in [2.24, 2.45) is 0 Å². The fraction of sp³-hybridized carbons (Fsp3) is 0.130. The van der Waals surface area contributed by atoms with Gasteiger partial charge in [0.25, 0.3) is 5.91 Å². The van der Waals surface area contributed by atoms with Gasteiger partial charge in [-0.15, -0.1) is 0 Å². The lowest BCUT2D eigenvalue weighted by Crippen LogP contribution is -2.30. The molecule has 3 heterocycles. The highest BCUT2D eigenvalue weighted by Gasteiger charge is 2.18. The van der Waals surface area contributed by atoms with Crippen molar-refractivity contribution in [3.05, 3.63) is 78.5 Å². The number of anilines is 2. The Labute approximate surface area is 183 Å². The van der Waals surface area contributed by atoms with Crippen molar-refractivity contribution in [2.45, 2.75) is 6.92 Å². The summed E-state index contributed by atoms with van der Waals surface area (Å²) in [6.45, 7) is 2.29. The summed E-state index contributed by atoms with van der Waals surface area (Å²) >= 11 is 0. The third-order valence-corrected chi connectivity index (χ3v) is 4.93. The Morgan fingerprint density at radius 2 is 1.84 bits per heavy atom. The van der Waals surface area contributed by atoms with Crippen LogP contribution in [0.2, 0.25) is 0 Å². The maximum atomic E-state index is 13.3. The van der Waals surface area contributed by atoms with Gasteiger partial charge in [-0.1, -0.05) is 0 Å². The number of ether oxygens (including phenoxy) is 1. The summed E-state index contributed by atoms with van der Waals surface area (Å²) in [4.78, 5) is 34.7. The van der Waals surface area contributed by atoms with Gasteiger partial charge in [-0.3, -0.25) is 14.5 Å². The number of carbonyl (C=O) groups excluding carboxylic acids is 2. The number of hydrogen-bond acceptors (Lipinski definition) is 5. The van der Waals surface area contributed by atoms with Crippen LogP contribution in [0.4, 0.5) is 20.7 Å². The Hall–Kier alpha value is -4.27. The molecule has 1 aromatic carbocycles. The molecule has 4 aromatic rings. The zero-order valence-electron chi connectivity index (χ0n) is 17.4. The average Bonchev–Trinajstić information content (AvgIpc) is 3.24. The number of halogens is 1. The van der Waals surface area contributed by atoms with E-state index in [2.05, 4.69) is 20.0 Å². The number of rotatable bonds is 5. The highest BCUT2D eigenvalue weighted by Crippen LogP contribution is 2.23. The number of pyridine rings is 2. The SMILES string of the molecule is CCN(C(=O)c1ccc2ncc(-c3ccc(NC(=O)OC)nc3)n2c1)c1ccc(F)cc1. The van der Waals surface area contributed by atoms with Crippen LogP contribution >= 0.6 is 0 Å². The molecule has 0 bridgehead atoms. The highest BCUT2D eigenvalue weighted by atomic mass is 19.1. The third kappa shape index (κ3) is 4.13. The molecular formula is C23H20FN5O3. The van der Waals surface area contributed by atoms with E-state index in [-0.39, 0.29) is 11.7 Å². The molecule has 32 heavy (non-hydrogen) atoms. The largest absolute Gasteiger partial charge is 0.453 e. The standard InChI is InChI=1S/C23H20FN5O3/c1-3-28(18-8-6-17(24)7-9-18)22(30)16-5-11-21-26-13-19(29(21)14-16)15-4-10-20(25-12-15)27-23(31)32-2/h4-14H,3H2,1-2H3,(H,25,27,31). The van der Waals surface area contributed by atoms with Crippen molar-refractivity contribution < 1.29 is 18.7 Å². The van der Waals surface area contributed by atoms with Gasteiger partial charge in [0.2, 0.25) is 0 Å². The zero-order valence-corrected chi connectivity index (χ0v) is 17.4. The first kappa shape index (κ1) is 21.0. The van der Waals surface area contributed by atoms with Crippen LogP contribution in [-0.2, 0) is 4.74 Å². The van der Waals surface area contributed by atoms with Crippen LogP contribution in [0.3, 0.4) is 0 Å². The third-order valence-electron chi connectivity index (χ3n) is 4.93. The molecule has 4 rings (SSSR count). The molecule has 9 heteroatoms. The van der Waals surface area contributed by atoms with Crippen LogP contribution in [0.1, 0.15) is 17.3 Å². The molecule has 0 radical (unpaired) electrons. The Balaban J connectivity index is 1.66. The lowest BCUT2D eigenvalue weighted by atomic mass is 10.2. The number of aromatic nitrogens is 3. The molecule has 2 amide bonds. The molecule has 0 atom stereocenters. The van der Waals surface area contributed by atoms with E-state index >= 15 is 0 Å². The normalized spacial score (nSPS) is 10.7. The van der Waals surface area contributed by atoms with Crippen LogP contribution < -0.4 is 10.2 Å². The maximum Gasteiger partial charge on any atom is 0.412 e. The van der Waals surface area contributed by atoms with E-state index in [1.54, 1.807) is 64.3 Å². The highest BCUT2D eigenvalue weighted by molar-refractivity contribution is 6.06. The van der Waals surface area contributed by atoms with Crippen molar-refractivity contribution in [3.63, 3.8) is 0 Å². The lowest BCUT2D eigenvalue weighted by Gasteiger charge is -2.21. The Morgan fingerprint density at radius 3 is 2.50 bits per heavy atom. The smallest absolute Gasteiger partial charge is 0.412 e. The molecule has 0 aliphatic rings. The molecule has 0 unspecified atom stereocenters. The molecule has 8 nitrogen and oxygen atoms in total. The number of benzene rings is 1. The van der Waals surface area contributed by atoms with Gasteiger partial charge >= 0.3 is 6.09 Å². The second kappa shape index (κ2) is 8.84. The molecule has 0 fully saturated rings. The van der Waals surface area contributed by atoms with E-state index in [1.807, 2.05) is 6.92 Å². The number of carbonyl (C=O) groups is 2. The van der Waals surface area contributed by atoms with Gasteiger partial charge in [-0.2, -0.15) is 0 Å². The second-order valence-corrected chi connectivity index (χ2v) is 6.86. The molecular weight excluding hydrogens is 413 g/mol. The molecule has 1 N–H and O–H groups in total. The van der Waals surface area contributed by atoms with E-state index in [4.69, 9.17) is 0 Å². The predicted molar refractivity (Wildman–Crippen MR) is 118 cm³/mol. The van der Waals surface area contributed by atoms with Gasteiger partial charge in [0, 0.05) is 30.2 Å². The maximum absolute atomic E-state index is 13.3. The van der Waals surface area contributed by atoms with E-state index in [0.717, 1.165) is 11.3 Å². The topological polar surface area (TPSA) is 88.8 Å². The number of nitrogens with zero attached hydrogens (tertiary/aromatic N) is 4. The van der Waals surface area contributed by atoms with Gasteiger partial charge < -0.3 is 9.64 Å². The Morgan fingerprint density at radius 1 is 1.06 bits per heavy atom. The summed E-state index contributed by atoms with van der Waals surface area (Å²) in [6.07, 6.45) is 4.39. The first-order valence-electron chi connectivity index (χ1n) is 9.86. The van der Waals surface area contributed by atoms with Gasteiger partial charge in [0.1, 0.15) is 17.3 Å². The minimum Gasteiger partial charge on any atom is -0.453 e. The van der Waals surface area contributed by atoms with E-state index in [9.17, 15) is 14.0 Å². The van der Waals surface area contributed by atoms with E-state index in [1.165, 1.54) is 19.2 Å². The van der Waals surface area contributed by atoms with Crippen LogP contribution in [-0.4, -0.2) is 40.0 Å². The first-order chi connectivity index (χ1) is 15.5. The number of nitrogens with one attached hydrogen (secondary N) is 1. The monoisotopic (exact) mass is 433 g/mol. The molecule has 3 aromatic heterocycles. The summed E-state index contributed by atoms with van der Waals surface area (Å²) in [6, 6.07) is 12.7. The van der Waals surface area contributed by atoms with E-state index < -0.39 is 6.09 Å². The quantitative estimate of drug-likeness (QED) is 0.505. The minimum absolute atomic E-state index is 0.212. The number of imidazole rings is 1. The molecule has 0 aliphatic heterocycles. The fourth-order valence-electron chi connectivity index (χ4n) is 3.32. The van der Waals surface area contributed by atoms with Gasteiger partial charge in [0.05, 0.1) is 24.6 Å². The fourth-order valence-corrected chi connectivity index (χ4v) is 3.32. The van der Waals surface area contributed by atoms with Gasteiger partial charge in [0.15, 0.2) is 0 Å². The van der Waals surface area contributed by atoms with Crippen molar-refractivity contribution >= 4 is 29.2 Å². The van der Waals surface area contributed by atoms with Crippen molar-refractivity contribution in [3.8, 4) is 11.3 Å². The summed E-state index contributed by atoms with van der Waals surface area (Å²) in [5, 5.41) is 2.49. The van der Waals surface area contributed by atoms with Gasteiger partial charge in [-0.25, -0.2) is 19.2 Å². The number of methoxy groups -OCH3 is 1. The number of amides is 2. The zero-order chi connectivity index (χ0) is 22.7. The Kier molecular flexibility index (Phi) is 5.80. The predicted octanol–water partition coefficient (Wildman–Crippen LogP) is 4.38. The van der Waals surface area contributed by atoms with Crippen LogP contribution in [0.15, 0.2) is 67.1 Å². The average molecular weight is 433 g/mol. The summed E-state index contributed by atoms with van der Waals surface area (Å²) in [7, 11) is 1.27. The molecule has 0 spiro atoms. The van der Waals surface area contributed by atoms with Crippen LogP contribution in [0.25, 0.3) is 16.9 Å². The molecule has 0 aliphatic carbocycles. The Bertz CT molecular complexity index is 1270. The van der Waals surface area contributed by atoms with Crippen molar-refractivity contribution in [1.29, 1.82) is 0 Å². The first-order valence-corrected chi connectivity index (χ1v) is 9.86. The van der Waals surface area contributed by atoms with Crippen molar-refractivity contribution in [2.75, 3.05) is 23.9 Å².